The molecule has 12 aromatic heterocycles. The van der Waals surface area contributed by atoms with E-state index < -0.39 is 0 Å². The Balaban J connectivity index is 0.000000101. The summed E-state index contributed by atoms with van der Waals surface area (Å²) >= 11 is 1.85. The van der Waals surface area contributed by atoms with Crippen LogP contribution in [0.25, 0.3) is 263 Å². The van der Waals surface area contributed by atoms with Crippen LogP contribution in [-0.2, 0) is 0 Å². The van der Waals surface area contributed by atoms with Gasteiger partial charge in [0.15, 0.2) is 0 Å². The number of furan rings is 2. The maximum absolute atomic E-state index is 6.19. The van der Waals surface area contributed by atoms with Crippen LogP contribution in [0.3, 0.4) is 0 Å². The Morgan fingerprint density at radius 3 is 0.807 bits per heavy atom. The second-order valence-corrected chi connectivity index (χ2v) is 35.2. The minimum Gasteiger partial charge on any atom is -0.456 e. The molecule has 0 atom stereocenters. The molecule has 0 saturated carbocycles. The van der Waals surface area contributed by atoms with Gasteiger partial charge in [0, 0.05) is 123 Å². The molecule has 0 unspecified atom stereocenters. The van der Waals surface area contributed by atoms with E-state index in [4.69, 9.17) is 8.83 Å². The number of thiophene rings is 1. The molecule has 0 bridgehead atoms. The van der Waals surface area contributed by atoms with Crippen molar-refractivity contribution in [3.05, 3.63) is 420 Å². The van der Waals surface area contributed by atoms with Crippen molar-refractivity contribution in [1.29, 1.82) is 0 Å². The van der Waals surface area contributed by atoms with Crippen LogP contribution in [0, 0.1) is 0 Å². The highest BCUT2D eigenvalue weighted by Gasteiger charge is 2.28. The number of rotatable bonds is 9. The minimum atomic E-state index is 0.594. The first kappa shape index (κ1) is 75.6. The van der Waals surface area contributed by atoms with E-state index in [1.807, 2.05) is 35.6 Å². The first-order valence-electron chi connectivity index (χ1n) is 44.8. The number of hydrogen-bond acceptors (Lipinski definition) is 12. The van der Waals surface area contributed by atoms with E-state index in [9.17, 15) is 0 Å². The average molecular weight is 1750 g/mol. The molecule has 0 fully saturated rings. The first-order chi connectivity index (χ1) is 67.0. The topological polar surface area (TPSA) is 172 Å². The molecular formula is C117H69N15O2S. The number of aromatic nitrogens is 15. The molecule has 18 heteroatoms. The van der Waals surface area contributed by atoms with Gasteiger partial charge >= 0.3 is 0 Å². The normalized spacial score (nSPS) is 12.0. The molecule has 18 aromatic carbocycles. The SMILES string of the molecule is c1ccc2c(c1)oc1cc(-c3ccc(-n4c5ccccc5c5ccc6c7ccccc7n(-c7ncncn7)c6c54)cc3)ccc12.c1ccc2c(c1)oc1ccc(-c3ccc(-n4c5ccccc5c5ccc6c7ccccc7n(-c7ncncn7)c6c54)cc3)cc12.c1ccc2c(c1)sc1ccc(-c3ccc(-n4c5ccccc5c5ccc6c7ccccc7n(-c7ncncn7)c6c54)cc3)cc12. The van der Waals surface area contributed by atoms with Crippen LogP contribution in [0.15, 0.2) is 429 Å². The predicted molar refractivity (Wildman–Crippen MR) is 549 cm³/mol. The summed E-state index contributed by atoms with van der Waals surface area (Å²) < 4.78 is 28.6. The van der Waals surface area contributed by atoms with Gasteiger partial charge in [-0.1, -0.05) is 255 Å². The molecule has 0 N–H and O–H groups in total. The van der Waals surface area contributed by atoms with Crippen LogP contribution < -0.4 is 0 Å². The van der Waals surface area contributed by atoms with E-state index in [2.05, 4.69) is 430 Å². The number of nitrogens with zero attached hydrogens (tertiary/aromatic N) is 15. The molecule has 30 rings (SSSR count). The number of para-hydroxylation sites is 8. The first-order valence-corrected chi connectivity index (χ1v) is 45.6. The zero-order valence-electron chi connectivity index (χ0n) is 71.8. The Hall–Kier alpha value is -18.4. The fourth-order valence-corrected chi connectivity index (χ4v) is 22.2. The van der Waals surface area contributed by atoms with Crippen molar-refractivity contribution in [2.75, 3.05) is 0 Å². The molecule has 12 heterocycles. The average Bonchev–Trinajstić information content (AvgIpc) is 1.55. The van der Waals surface area contributed by atoms with E-state index in [0.29, 0.717) is 17.8 Å². The lowest BCUT2D eigenvalue weighted by Crippen LogP contribution is -2.02. The molecule has 0 amide bonds. The lowest BCUT2D eigenvalue weighted by Gasteiger charge is -2.12. The summed E-state index contributed by atoms with van der Waals surface area (Å²) in [6, 6.07) is 136. The largest absolute Gasteiger partial charge is 0.456 e. The van der Waals surface area contributed by atoms with Gasteiger partial charge in [0.1, 0.15) is 60.3 Å². The van der Waals surface area contributed by atoms with Gasteiger partial charge in [0.25, 0.3) is 0 Å². The van der Waals surface area contributed by atoms with E-state index in [-0.39, 0.29) is 0 Å². The van der Waals surface area contributed by atoms with E-state index in [0.717, 1.165) is 176 Å². The highest BCUT2D eigenvalue weighted by atomic mass is 32.1. The summed E-state index contributed by atoms with van der Waals surface area (Å²) in [6.45, 7) is 0. The van der Waals surface area contributed by atoms with Gasteiger partial charge in [-0.2, -0.15) is 0 Å². The van der Waals surface area contributed by atoms with Gasteiger partial charge in [0.2, 0.25) is 17.8 Å². The van der Waals surface area contributed by atoms with Crippen molar-refractivity contribution >= 4 is 206 Å². The van der Waals surface area contributed by atoms with Crippen LogP contribution in [0.5, 0.6) is 0 Å². The zero-order chi connectivity index (χ0) is 88.5. The van der Waals surface area contributed by atoms with Crippen LogP contribution in [0.1, 0.15) is 0 Å². The Morgan fingerprint density at radius 2 is 0.422 bits per heavy atom. The van der Waals surface area contributed by atoms with E-state index in [1.165, 1.54) is 69.0 Å². The van der Waals surface area contributed by atoms with E-state index >= 15 is 0 Å². The summed E-state index contributed by atoms with van der Waals surface area (Å²) in [5.41, 5.74) is 27.0. The molecule has 0 spiro atoms. The second kappa shape index (κ2) is 30.1. The lowest BCUT2D eigenvalue weighted by molar-refractivity contribution is 0.668. The quantitative estimate of drug-likeness (QED) is 0.135. The van der Waals surface area contributed by atoms with Crippen molar-refractivity contribution in [2.45, 2.75) is 0 Å². The zero-order valence-corrected chi connectivity index (χ0v) is 72.6. The van der Waals surface area contributed by atoms with Gasteiger partial charge in [0.05, 0.1) is 66.2 Å². The lowest BCUT2D eigenvalue weighted by atomic mass is 10.0. The van der Waals surface area contributed by atoms with Crippen LogP contribution in [0.4, 0.5) is 0 Å². The molecule has 135 heavy (non-hydrogen) atoms. The van der Waals surface area contributed by atoms with Gasteiger partial charge in [-0.05, 0) is 161 Å². The summed E-state index contributed by atoms with van der Waals surface area (Å²) in [4.78, 5) is 39.8. The fraction of sp³-hybridized carbons (Fsp3) is 0. The summed E-state index contributed by atoms with van der Waals surface area (Å²) in [6.07, 6.45) is 9.35. The highest BCUT2D eigenvalue weighted by molar-refractivity contribution is 7.25. The Bertz CT molecular complexity index is 9700. The molecule has 0 aliphatic rings. The van der Waals surface area contributed by atoms with Crippen LogP contribution in [0.2, 0.25) is 0 Å². The monoisotopic (exact) mass is 1750 g/mol. The molecule has 17 nitrogen and oxygen atoms in total. The molecule has 0 aliphatic carbocycles. The van der Waals surface area contributed by atoms with Crippen molar-refractivity contribution in [3.63, 3.8) is 0 Å². The summed E-state index contributed by atoms with van der Waals surface area (Å²) in [5.74, 6) is 1.79. The molecule has 630 valence electrons. The number of benzene rings is 18. The minimum absolute atomic E-state index is 0.594. The fourth-order valence-electron chi connectivity index (χ4n) is 21.1. The van der Waals surface area contributed by atoms with Crippen molar-refractivity contribution < 1.29 is 8.83 Å². The maximum Gasteiger partial charge on any atom is 0.237 e. The molecule has 0 saturated heterocycles. The predicted octanol–water partition coefficient (Wildman–Crippen LogP) is 29.4. The number of fused-ring (bicyclic) bond motifs is 30. The summed E-state index contributed by atoms with van der Waals surface area (Å²) in [7, 11) is 0. The molecular weight excluding hydrogens is 1680 g/mol. The number of hydrogen-bond donors (Lipinski definition) is 0. The molecule has 0 radical (unpaired) electrons. The Morgan fingerprint density at radius 1 is 0.170 bits per heavy atom. The van der Waals surface area contributed by atoms with Crippen molar-refractivity contribution in [3.8, 4) is 68.3 Å². The summed E-state index contributed by atoms with van der Waals surface area (Å²) in [5, 5.41) is 21.3. The van der Waals surface area contributed by atoms with E-state index in [1.54, 1.807) is 38.0 Å². The Kier molecular flexibility index (Phi) is 16.9. The van der Waals surface area contributed by atoms with Gasteiger partial charge in [-0.15, -0.1) is 11.3 Å². The van der Waals surface area contributed by atoms with Crippen LogP contribution in [-0.4, -0.2) is 72.3 Å². The molecule has 30 aromatic rings. The third-order valence-corrected chi connectivity index (χ3v) is 28.1. The standard InChI is InChI=1S/2C39H23N5O.C39H23N5S/c1-4-10-33-27(7-1)30-18-19-31-28-8-2-5-11-34(28)44(39-41-22-40-23-42-39)38(31)37(30)43(33)26-16-13-24(14-17-26)25-15-20-36-32(21-25)29-9-3-6-12-35(29)45-36;1-4-10-33-27(7-1)31-19-20-32-28-8-2-5-11-34(28)44(39-41-22-40-23-42-39)38(32)37(31)43(33)26-16-13-24(14-17-26)25-15-18-30-29-9-3-6-12-35(29)45-36(30)21-25;1-4-10-33-27(7-1)30-18-19-31-28-8-2-5-11-34(28)44(39-41-22-40-23-42-39)38(31)37(30)43(33)26-16-13-24(14-17-26)25-15-20-36-32(21-25)29-9-3-6-12-35(29)45-36/h3*1-23H. The van der Waals surface area contributed by atoms with Crippen LogP contribution >= 0.6 is 11.3 Å². The third kappa shape index (κ3) is 11.7. The molecule has 0 aliphatic heterocycles. The maximum atomic E-state index is 6.19. The Labute approximate surface area is 770 Å². The van der Waals surface area contributed by atoms with Crippen molar-refractivity contribution in [2.24, 2.45) is 0 Å². The van der Waals surface area contributed by atoms with Crippen molar-refractivity contribution in [1.82, 2.24) is 72.3 Å². The third-order valence-electron chi connectivity index (χ3n) is 27.0. The van der Waals surface area contributed by atoms with Gasteiger partial charge in [-0.25, -0.2) is 44.9 Å². The van der Waals surface area contributed by atoms with Gasteiger partial charge in [-0.3, -0.25) is 13.7 Å². The van der Waals surface area contributed by atoms with Gasteiger partial charge < -0.3 is 22.5 Å². The second-order valence-electron chi connectivity index (χ2n) is 34.1. The highest BCUT2D eigenvalue weighted by Crippen LogP contribution is 2.48. The smallest absolute Gasteiger partial charge is 0.237 e.